The van der Waals surface area contributed by atoms with Crippen molar-refractivity contribution in [1.29, 1.82) is 0 Å². The van der Waals surface area contributed by atoms with E-state index in [0.717, 1.165) is 0 Å². The van der Waals surface area contributed by atoms with Crippen LogP contribution in [0.3, 0.4) is 0 Å². The summed E-state index contributed by atoms with van der Waals surface area (Å²) >= 11 is 9.77. The predicted molar refractivity (Wildman–Crippen MR) is 51.5 cm³/mol. The number of carbonyl (C=O) groups excluding carboxylic acids is 2. The van der Waals surface area contributed by atoms with Crippen LogP contribution in [0.4, 0.5) is 0 Å². The molecule has 0 rings (SSSR count). The molecule has 0 saturated heterocycles. The van der Waals surface area contributed by atoms with Crippen LogP contribution in [0.25, 0.3) is 0 Å². The van der Waals surface area contributed by atoms with Crippen molar-refractivity contribution in [3.63, 3.8) is 0 Å². The van der Waals surface area contributed by atoms with E-state index < -0.39 is 17.4 Å². The van der Waals surface area contributed by atoms with Crippen LogP contribution in [0.2, 0.25) is 0 Å². The molecule has 0 spiro atoms. The standard InChI is InChI=1S/C8H12Cl2O4/c1-8(2,7(12)14-10)5-3-4-6(11)13-9/h3-5H2,1-2H3. The fourth-order valence-corrected chi connectivity index (χ4v) is 1.21. The normalized spacial score (nSPS) is 10.9. The Morgan fingerprint density at radius 2 is 1.79 bits per heavy atom. The molecule has 0 aromatic carbocycles. The average molecular weight is 243 g/mol. The van der Waals surface area contributed by atoms with Gasteiger partial charge in [0.05, 0.1) is 5.41 Å². The van der Waals surface area contributed by atoms with Crippen LogP contribution in [0.15, 0.2) is 0 Å². The second-order valence-electron chi connectivity index (χ2n) is 3.55. The highest BCUT2D eigenvalue weighted by molar-refractivity contribution is 6.13. The summed E-state index contributed by atoms with van der Waals surface area (Å²) in [5.41, 5.74) is -0.700. The number of hydrogen-bond acceptors (Lipinski definition) is 4. The summed E-state index contributed by atoms with van der Waals surface area (Å²) in [4.78, 5) is 21.7. The molecule has 0 aromatic heterocycles. The van der Waals surface area contributed by atoms with Crippen LogP contribution >= 0.6 is 23.7 Å². The Kier molecular flexibility index (Phi) is 5.88. The minimum atomic E-state index is -0.700. The summed E-state index contributed by atoms with van der Waals surface area (Å²) in [6.45, 7) is 3.37. The fourth-order valence-electron chi connectivity index (χ4n) is 0.920. The molecule has 0 N–H and O–H groups in total. The summed E-state index contributed by atoms with van der Waals surface area (Å²) in [5.74, 6) is -1.03. The number of carbonyl (C=O) groups is 2. The van der Waals surface area contributed by atoms with Crippen LogP contribution in [0.1, 0.15) is 33.1 Å². The quantitative estimate of drug-likeness (QED) is 0.744. The highest BCUT2D eigenvalue weighted by atomic mass is 35.5. The van der Waals surface area contributed by atoms with Crippen LogP contribution in [-0.2, 0) is 18.2 Å². The summed E-state index contributed by atoms with van der Waals surface area (Å²) < 4.78 is 8.03. The molecule has 0 unspecified atom stereocenters. The van der Waals surface area contributed by atoms with E-state index in [2.05, 4.69) is 8.58 Å². The molecule has 6 heteroatoms. The molecule has 0 bridgehead atoms. The molecule has 0 aliphatic heterocycles. The van der Waals surface area contributed by atoms with Crippen molar-refractivity contribution in [2.75, 3.05) is 0 Å². The van der Waals surface area contributed by atoms with E-state index >= 15 is 0 Å². The third kappa shape index (κ3) is 4.67. The number of rotatable bonds is 5. The van der Waals surface area contributed by atoms with Gasteiger partial charge in [0.15, 0.2) is 0 Å². The van der Waals surface area contributed by atoms with E-state index in [-0.39, 0.29) is 6.42 Å². The first-order valence-corrected chi connectivity index (χ1v) is 4.70. The zero-order valence-corrected chi connectivity index (χ0v) is 9.52. The average Bonchev–Trinajstić information content (AvgIpc) is 2.15. The number of halogens is 2. The Morgan fingerprint density at radius 1 is 1.21 bits per heavy atom. The van der Waals surface area contributed by atoms with Gasteiger partial charge in [0.25, 0.3) is 0 Å². The van der Waals surface area contributed by atoms with Gasteiger partial charge in [-0.25, -0.2) is 4.79 Å². The third-order valence-electron chi connectivity index (χ3n) is 1.89. The molecule has 0 aromatic rings. The van der Waals surface area contributed by atoms with E-state index in [4.69, 9.17) is 23.7 Å². The molecular weight excluding hydrogens is 231 g/mol. The SMILES string of the molecule is CC(C)(CCCC(=O)OCl)C(=O)OCl. The van der Waals surface area contributed by atoms with E-state index in [1.807, 2.05) is 0 Å². The summed E-state index contributed by atoms with van der Waals surface area (Å²) in [6, 6.07) is 0. The van der Waals surface area contributed by atoms with Gasteiger partial charge in [-0.3, -0.25) is 4.79 Å². The van der Waals surface area contributed by atoms with Crippen LogP contribution in [-0.4, -0.2) is 11.9 Å². The van der Waals surface area contributed by atoms with Crippen molar-refractivity contribution in [2.45, 2.75) is 33.1 Å². The van der Waals surface area contributed by atoms with Crippen molar-refractivity contribution < 1.29 is 18.2 Å². The maximum atomic E-state index is 11.1. The van der Waals surface area contributed by atoms with Gasteiger partial charge in [-0.05, 0) is 26.7 Å². The molecule has 0 fully saturated rings. The molecule has 0 amide bonds. The zero-order chi connectivity index (χ0) is 11.2. The monoisotopic (exact) mass is 242 g/mol. The van der Waals surface area contributed by atoms with Crippen molar-refractivity contribution in [2.24, 2.45) is 5.41 Å². The summed E-state index contributed by atoms with van der Waals surface area (Å²) in [6.07, 6.45) is 1.14. The van der Waals surface area contributed by atoms with Crippen molar-refractivity contribution in [3.05, 3.63) is 0 Å². The molecular formula is C8H12Cl2O4. The highest BCUT2D eigenvalue weighted by Gasteiger charge is 2.29. The van der Waals surface area contributed by atoms with Gasteiger partial charge in [0, 0.05) is 6.42 Å². The molecule has 82 valence electrons. The van der Waals surface area contributed by atoms with Crippen LogP contribution in [0.5, 0.6) is 0 Å². The van der Waals surface area contributed by atoms with Gasteiger partial charge in [0.2, 0.25) is 0 Å². The minimum absolute atomic E-state index is 0.169. The first-order valence-electron chi connectivity index (χ1n) is 4.08. The summed E-state index contributed by atoms with van der Waals surface area (Å²) in [7, 11) is 0. The Bertz CT molecular complexity index is 215. The second-order valence-corrected chi connectivity index (χ2v) is 3.86. The topological polar surface area (TPSA) is 52.6 Å². The van der Waals surface area contributed by atoms with Gasteiger partial charge < -0.3 is 8.58 Å². The lowest BCUT2D eigenvalue weighted by molar-refractivity contribution is -0.144. The zero-order valence-electron chi connectivity index (χ0n) is 8.01. The molecule has 4 nitrogen and oxygen atoms in total. The van der Waals surface area contributed by atoms with Gasteiger partial charge in [-0.15, -0.1) is 0 Å². The van der Waals surface area contributed by atoms with Gasteiger partial charge in [0.1, 0.15) is 23.7 Å². The smallest absolute Gasteiger partial charge is 0.330 e. The van der Waals surface area contributed by atoms with E-state index in [1.165, 1.54) is 0 Å². The Labute approximate surface area is 92.8 Å². The maximum absolute atomic E-state index is 11.1. The Balaban J connectivity index is 3.88. The lowest BCUT2D eigenvalue weighted by Crippen LogP contribution is -2.24. The van der Waals surface area contributed by atoms with E-state index in [1.54, 1.807) is 13.8 Å². The van der Waals surface area contributed by atoms with Gasteiger partial charge in [-0.1, -0.05) is 0 Å². The van der Waals surface area contributed by atoms with Crippen LogP contribution < -0.4 is 0 Å². The molecule has 14 heavy (non-hydrogen) atoms. The van der Waals surface area contributed by atoms with Crippen molar-refractivity contribution >= 4 is 35.7 Å². The lowest BCUT2D eigenvalue weighted by atomic mass is 9.87. The van der Waals surface area contributed by atoms with E-state index in [9.17, 15) is 9.59 Å². The Hall–Kier alpha value is -0.480. The molecule has 0 radical (unpaired) electrons. The van der Waals surface area contributed by atoms with Gasteiger partial charge >= 0.3 is 11.9 Å². The second kappa shape index (κ2) is 6.09. The van der Waals surface area contributed by atoms with Gasteiger partial charge in [-0.2, -0.15) is 0 Å². The first kappa shape index (κ1) is 13.5. The molecule has 0 aliphatic carbocycles. The largest absolute Gasteiger partial charge is 0.348 e. The Morgan fingerprint density at radius 3 is 2.21 bits per heavy atom. The fraction of sp³-hybridized carbons (Fsp3) is 0.750. The number of hydrogen-bond donors (Lipinski definition) is 0. The molecule has 0 aliphatic rings. The maximum Gasteiger partial charge on any atom is 0.330 e. The summed E-state index contributed by atoms with van der Waals surface area (Å²) in [5, 5.41) is 0. The van der Waals surface area contributed by atoms with Crippen LogP contribution in [0, 0.1) is 5.41 Å². The van der Waals surface area contributed by atoms with Crippen molar-refractivity contribution in [3.8, 4) is 0 Å². The molecule has 0 saturated carbocycles. The minimum Gasteiger partial charge on any atom is -0.348 e. The molecule has 0 atom stereocenters. The highest BCUT2D eigenvalue weighted by Crippen LogP contribution is 2.25. The molecule has 0 heterocycles. The lowest BCUT2D eigenvalue weighted by Gasteiger charge is -2.19. The predicted octanol–water partition coefficient (Wildman–Crippen LogP) is 2.58. The van der Waals surface area contributed by atoms with E-state index in [0.29, 0.717) is 12.8 Å². The first-order chi connectivity index (χ1) is 6.44. The third-order valence-corrected chi connectivity index (χ3v) is 2.20. The van der Waals surface area contributed by atoms with Crippen molar-refractivity contribution in [1.82, 2.24) is 0 Å².